The van der Waals surface area contributed by atoms with E-state index in [-0.39, 0.29) is 11.8 Å². The second kappa shape index (κ2) is 9.84. The minimum atomic E-state index is -1.45. The van der Waals surface area contributed by atoms with Gasteiger partial charge >= 0.3 is 0 Å². The molecule has 2 aromatic carbocycles. The number of halogens is 1. The Hall–Kier alpha value is -3.37. The molecule has 9 nitrogen and oxygen atoms in total. The van der Waals surface area contributed by atoms with Crippen molar-refractivity contribution < 1.29 is 18.1 Å². The van der Waals surface area contributed by atoms with E-state index < -0.39 is 11.0 Å². The quantitative estimate of drug-likeness (QED) is 0.393. The van der Waals surface area contributed by atoms with Crippen molar-refractivity contribution >= 4 is 28.5 Å². The lowest BCUT2D eigenvalue weighted by Gasteiger charge is -2.16. The summed E-state index contributed by atoms with van der Waals surface area (Å²) in [5.41, 5.74) is 1.55. The second-order valence-electron chi connectivity index (χ2n) is 6.56. The van der Waals surface area contributed by atoms with Crippen molar-refractivity contribution in [2.75, 3.05) is 24.7 Å². The molecule has 0 aliphatic rings. The van der Waals surface area contributed by atoms with Gasteiger partial charge in [-0.1, -0.05) is 29.8 Å². The van der Waals surface area contributed by atoms with Crippen LogP contribution in [0, 0.1) is 0 Å². The van der Waals surface area contributed by atoms with E-state index in [4.69, 9.17) is 25.5 Å². The third-order valence-corrected chi connectivity index (χ3v) is 5.84. The normalized spacial score (nSPS) is 11.8. The summed E-state index contributed by atoms with van der Waals surface area (Å²) in [4.78, 5) is 4.17. The molecule has 0 amide bonds. The van der Waals surface area contributed by atoms with Crippen LogP contribution in [0.4, 0.5) is 5.95 Å². The van der Waals surface area contributed by atoms with E-state index in [1.807, 2.05) is 12.1 Å². The van der Waals surface area contributed by atoms with Gasteiger partial charge in [0.15, 0.2) is 0 Å². The van der Waals surface area contributed by atoms with Crippen molar-refractivity contribution in [3.05, 3.63) is 65.5 Å². The van der Waals surface area contributed by atoms with Gasteiger partial charge in [-0.15, -0.1) is 10.2 Å². The number of hydrogen-bond acceptors (Lipinski definition) is 7. The first-order valence-corrected chi connectivity index (χ1v) is 11.3. The number of aryl methyl sites for hydroxylation is 1. The van der Waals surface area contributed by atoms with Gasteiger partial charge in [-0.3, -0.25) is 4.72 Å². The SMILES string of the molecule is COc1cccc(OC)c1-n1c(NS(=O)CCc2ccc(Cl)cc2)nnc1-c1ncco1. The summed E-state index contributed by atoms with van der Waals surface area (Å²) in [6.45, 7) is 0. The molecule has 2 aromatic heterocycles. The fourth-order valence-electron chi connectivity index (χ4n) is 3.10. The summed E-state index contributed by atoms with van der Waals surface area (Å²) < 4.78 is 33.9. The number of anilines is 1. The topological polar surface area (TPSA) is 104 Å². The largest absolute Gasteiger partial charge is 0.494 e. The molecule has 0 saturated heterocycles. The maximum atomic E-state index is 12.8. The first kappa shape index (κ1) is 21.8. The smallest absolute Gasteiger partial charge is 0.265 e. The zero-order chi connectivity index (χ0) is 22.5. The molecule has 166 valence electrons. The van der Waals surface area contributed by atoms with Crippen molar-refractivity contribution in [3.63, 3.8) is 0 Å². The molecule has 2 heterocycles. The number of methoxy groups -OCH3 is 2. The van der Waals surface area contributed by atoms with E-state index in [1.54, 1.807) is 49.1 Å². The van der Waals surface area contributed by atoms with Crippen molar-refractivity contribution in [2.24, 2.45) is 0 Å². The van der Waals surface area contributed by atoms with Crippen LogP contribution in [0.1, 0.15) is 5.56 Å². The molecule has 0 radical (unpaired) electrons. The highest BCUT2D eigenvalue weighted by molar-refractivity contribution is 7.86. The summed E-state index contributed by atoms with van der Waals surface area (Å²) in [7, 11) is 1.64. The number of benzene rings is 2. The van der Waals surface area contributed by atoms with Gasteiger partial charge < -0.3 is 13.9 Å². The molecule has 0 saturated carbocycles. The molecule has 11 heteroatoms. The highest BCUT2D eigenvalue weighted by Crippen LogP contribution is 2.37. The third kappa shape index (κ3) is 4.61. The minimum Gasteiger partial charge on any atom is -0.494 e. The Morgan fingerprint density at radius 2 is 1.81 bits per heavy atom. The van der Waals surface area contributed by atoms with Crippen LogP contribution in [0.5, 0.6) is 11.5 Å². The van der Waals surface area contributed by atoms with Crippen molar-refractivity contribution in [1.82, 2.24) is 19.7 Å². The Labute approximate surface area is 191 Å². The Balaban J connectivity index is 1.68. The van der Waals surface area contributed by atoms with Crippen molar-refractivity contribution in [1.29, 1.82) is 0 Å². The van der Waals surface area contributed by atoms with Crippen LogP contribution < -0.4 is 14.2 Å². The molecule has 0 fully saturated rings. The molecule has 1 atom stereocenters. The number of rotatable bonds is 9. The van der Waals surface area contributed by atoms with Crippen LogP contribution >= 0.6 is 11.6 Å². The van der Waals surface area contributed by atoms with Gasteiger partial charge in [0.05, 0.1) is 20.4 Å². The minimum absolute atomic E-state index is 0.232. The van der Waals surface area contributed by atoms with Crippen molar-refractivity contribution in [3.8, 4) is 28.9 Å². The zero-order valence-corrected chi connectivity index (χ0v) is 18.9. The molecule has 0 aliphatic carbocycles. The van der Waals surface area contributed by atoms with Crippen LogP contribution in [-0.2, 0) is 17.4 Å². The van der Waals surface area contributed by atoms with Crippen LogP contribution in [0.15, 0.2) is 59.3 Å². The number of aromatic nitrogens is 4. The first-order valence-electron chi connectivity index (χ1n) is 9.57. The van der Waals surface area contributed by atoms with Crippen LogP contribution in [0.2, 0.25) is 5.02 Å². The van der Waals surface area contributed by atoms with E-state index in [1.165, 1.54) is 12.5 Å². The van der Waals surface area contributed by atoms with Crippen LogP contribution in [-0.4, -0.2) is 43.9 Å². The van der Waals surface area contributed by atoms with Gasteiger partial charge in [0.25, 0.3) is 5.89 Å². The zero-order valence-electron chi connectivity index (χ0n) is 17.3. The average molecular weight is 474 g/mol. The van der Waals surface area contributed by atoms with Gasteiger partial charge in [0, 0.05) is 10.8 Å². The number of oxazole rings is 1. The summed E-state index contributed by atoms with van der Waals surface area (Å²) in [6, 6.07) is 12.8. The maximum Gasteiger partial charge on any atom is 0.265 e. The lowest BCUT2D eigenvalue weighted by Crippen LogP contribution is -2.15. The third-order valence-electron chi connectivity index (χ3n) is 4.61. The molecule has 32 heavy (non-hydrogen) atoms. The number of nitrogens with zero attached hydrogens (tertiary/aromatic N) is 4. The molecule has 0 spiro atoms. The van der Waals surface area contributed by atoms with Gasteiger partial charge in [0.1, 0.15) is 34.4 Å². The predicted octanol–water partition coefficient (Wildman–Crippen LogP) is 3.91. The number of nitrogens with one attached hydrogen (secondary N) is 1. The van der Waals surface area contributed by atoms with Crippen LogP contribution in [0.3, 0.4) is 0 Å². The summed E-state index contributed by atoms with van der Waals surface area (Å²) in [5, 5.41) is 9.05. The van der Waals surface area contributed by atoms with E-state index in [9.17, 15) is 4.21 Å². The summed E-state index contributed by atoms with van der Waals surface area (Å²) >= 11 is 5.93. The Morgan fingerprint density at radius 3 is 2.44 bits per heavy atom. The Morgan fingerprint density at radius 1 is 1.09 bits per heavy atom. The van der Waals surface area contributed by atoms with Gasteiger partial charge in [-0.2, -0.15) is 0 Å². The summed E-state index contributed by atoms with van der Waals surface area (Å²) in [6.07, 6.45) is 3.53. The second-order valence-corrected chi connectivity index (χ2v) is 8.30. The van der Waals surface area contributed by atoms with E-state index in [2.05, 4.69) is 19.9 Å². The highest BCUT2D eigenvalue weighted by Gasteiger charge is 2.25. The van der Waals surface area contributed by atoms with E-state index in [0.29, 0.717) is 40.2 Å². The number of para-hydroxylation sites is 1. The predicted molar refractivity (Wildman–Crippen MR) is 122 cm³/mol. The molecule has 1 unspecified atom stereocenters. The molecular weight excluding hydrogens is 454 g/mol. The molecule has 4 rings (SSSR count). The highest BCUT2D eigenvalue weighted by atomic mass is 35.5. The average Bonchev–Trinajstić information content (AvgIpc) is 3.48. The molecule has 0 bridgehead atoms. The van der Waals surface area contributed by atoms with Gasteiger partial charge in [0.2, 0.25) is 11.8 Å². The monoisotopic (exact) mass is 473 g/mol. The molecular formula is C21H20ClN5O4S. The van der Waals surface area contributed by atoms with Crippen molar-refractivity contribution in [2.45, 2.75) is 6.42 Å². The molecule has 4 aromatic rings. The van der Waals surface area contributed by atoms with Gasteiger partial charge in [-0.25, -0.2) is 13.8 Å². The van der Waals surface area contributed by atoms with E-state index >= 15 is 0 Å². The standard InChI is InChI=1S/C21H20ClN5O4S/c1-29-16-4-3-5-17(30-2)18(16)27-19(20-23-11-12-31-20)24-25-21(27)26-32(28)13-10-14-6-8-15(22)9-7-14/h3-9,11-12H,10,13H2,1-2H3,(H,25,26). The number of hydrogen-bond donors (Lipinski definition) is 1. The fraction of sp³-hybridized carbons (Fsp3) is 0.190. The lowest BCUT2D eigenvalue weighted by molar-refractivity contribution is 0.391. The molecule has 0 aliphatic heterocycles. The fourth-order valence-corrected chi connectivity index (χ4v) is 4.09. The Kier molecular flexibility index (Phi) is 6.72. The Bertz CT molecular complexity index is 1190. The lowest BCUT2D eigenvalue weighted by atomic mass is 10.2. The first-order chi connectivity index (χ1) is 15.6. The molecule has 1 N–H and O–H groups in total. The van der Waals surface area contributed by atoms with Crippen LogP contribution in [0.25, 0.3) is 17.4 Å². The van der Waals surface area contributed by atoms with E-state index in [0.717, 1.165) is 5.56 Å². The summed E-state index contributed by atoms with van der Waals surface area (Å²) in [5.74, 6) is 2.14. The van der Waals surface area contributed by atoms with Gasteiger partial charge in [-0.05, 0) is 36.2 Å². The number of ether oxygens (including phenoxy) is 2. The maximum absolute atomic E-state index is 12.8.